The second-order valence-electron chi connectivity index (χ2n) is 5.90. The quantitative estimate of drug-likeness (QED) is 0.893. The van der Waals surface area contributed by atoms with Gasteiger partial charge in [-0.05, 0) is 36.0 Å². The number of amides is 1. The van der Waals surface area contributed by atoms with Gasteiger partial charge in [0.25, 0.3) is 5.91 Å². The Morgan fingerprint density at radius 3 is 2.43 bits per heavy atom. The zero-order valence-corrected chi connectivity index (χ0v) is 12.4. The number of benzene rings is 2. The molecule has 2 heteroatoms. The molecule has 0 bridgehead atoms. The number of rotatable bonds is 3. The molecular weight excluding hydrogens is 258 g/mol. The summed E-state index contributed by atoms with van der Waals surface area (Å²) < 4.78 is 0. The minimum atomic E-state index is 0.0493. The smallest absolute Gasteiger partial charge is 0.252 e. The zero-order chi connectivity index (χ0) is 14.7. The van der Waals surface area contributed by atoms with Crippen LogP contribution in [-0.2, 0) is 0 Å². The van der Waals surface area contributed by atoms with Crippen molar-refractivity contribution in [3.63, 3.8) is 0 Å². The van der Waals surface area contributed by atoms with E-state index in [0.717, 1.165) is 23.1 Å². The molecule has 1 aliphatic carbocycles. The van der Waals surface area contributed by atoms with Gasteiger partial charge >= 0.3 is 0 Å². The van der Waals surface area contributed by atoms with Crippen LogP contribution in [-0.4, -0.2) is 11.9 Å². The summed E-state index contributed by atoms with van der Waals surface area (Å²) >= 11 is 0. The molecule has 2 aromatic rings. The van der Waals surface area contributed by atoms with E-state index < -0.39 is 0 Å². The highest BCUT2D eigenvalue weighted by atomic mass is 16.1. The van der Waals surface area contributed by atoms with Gasteiger partial charge in [0.05, 0.1) is 0 Å². The van der Waals surface area contributed by atoms with Crippen molar-refractivity contribution in [3.05, 3.63) is 60.2 Å². The van der Waals surface area contributed by atoms with Gasteiger partial charge in [-0.2, -0.15) is 0 Å². The summed E-state index contributed by atoms with van der Waals surface area (Å²) in [6.07, 6.45) is 3.53. The largest absolute Gasteiger partial charge is 0.349 e. The molecule has 1 amide bonds. The average molecular weight is 279 g/mol. The van der Waals surface area contributed by atoms with E-state index >= 15 is 0 Å². The Balaban J connectivity index is 1.87. The average Bonchev–Trinajstić information content (AvgIpc) is 2.93. The van der Waals surface area contributed by atoms with E-state index in [1.54, 1.807) is 0 Å². The zero-order valence-electron chi connectivity index (χ0n) is 12.4. The standard InChI is InChI=1S/C19H21NO/c1-14-8-7-13-18(14)20-19(21)17-12-6-5-11-16(17)15-9-3-2-4-10-15/h2-6,9-12,14,18H,7-8,13H2,1H3,(H,20,21). The summed E-state index contributed by atoms with van der Waals surface area (Å²) in [4.78, 5) is 12.6. The molecule has 1 saturated carbocycles. The Bertz CT molecular complexity index is 620. The Kier molecular flexibility index (Phi) is 4.05. The molecule has 0 saturated heterocycles. The van der Waals surface area contributed by atoms with E-state index in [-0.39, 0.29) is 5.91 Å². The molecule has 3 rings (SSSR count). The van der Waals surface area contributed by atoms with Gasteiger partial charge in [0.1, 0.15) is 0 Å². The molecule has 0 aromatic heterocycles. The second kappa shape index (κ2) is 6.13. The van der Waals surface area contributed by atoms with E-state index in [4.69, 9.17) is 0 Å². The monoisotopic (exact) mass is 279 g/mol. The van der Waals surface area contributed by atoms with Gasteiger partial charge in [0, 0.05) is 11.6 Å². The number of nitrogens with one attached hydrogen (secondary N) is 1. The van der Waals surface area contributed by atoms with Crippen molar-refractivity contribution < 1.29 is 4.79 Å². The van der Waals surface area contributed by atoms with Gasteiger partial charge in [-0.1, -0.05) is 61.9 Å². The maximum Gasteiger partial charge on any atom is 0.252 e. The third-order valence-electron chi connectivity index (χ3n) is 4.43. The molecule has 108 valence electrons. The first-order chi connectivity index (χ1) is 10.3. The molecule has 0 radical (unpaired) electrons. The Morgan fingerprint density at radius 2 is 1.71 bits per heavy atom. The van der Waals surface area contributed by atoms with Crippen LogP contribution in [0.15, 0.2) is 54.6 Å². The molecule has 0 spiro atoms. The fourth-order valence-electron chi connectivity index (χ4n) is 3.16. The molecule has 21 heavy (non-hydrogen) atoms. The predicted molar refractivity (Wildman–Crippen MR) is 86.1 cm³/mol. The molecule has 1 fully saturated rings. The SMILES string of the molecule is CC1CCCC1NC(=O)c1ccccc1-c1ccccc1. The fraction of sp³-hybridized carbons (Fsp3) is 0.316. The minimum Gasteiger partial charge on any atom is -0.349 e. The number of hydrogen-bond donors (Lipinski definition) is 1. The van der Waals surface area contributed by atoms with Crippen LogP contribution in [0, 0.1) is 5.92 Å². The number of carbonyl (C=O) groups excluding carboxylic acids is 1. The van der Waals surface area contributed by atoms with Gasteiger partial charge < -0.3 is 5.32 Å². The van der Waals surface area contributed by atoms with Crippen LogP contribution in [0.5, 0.6) is 0 Å². The first kappa shape index (κ1) is 13.9. The molecule has 1 aliphatic rings. The third kappa shape index (κ3) is 2.99. The lowest BCUT2D eigenvalue weighted by Gasteiger charge is -2.18. The summed E-state index contributed by atoms with van der Waals surface area (Å²) in [7, 11) is 0. The van der Waals surface area contributed by atoms with Crippen molar-refractivity contribution in [3.8, 4) is 11.1 Å². The van der Waals surface area contributed by atoms with Crippen molar-refractivity contribution in [2.75, 3.05) is 0 Å². The van der Waals surface area contributed by atoms with Gasteiger partial charge in [-0.15, -0.1) is 0 Å². The predicted octanol–water partition coefficient (Wildman–Crippen LogP) is 4.27. The van der Waals surface area contributed by atoms with E-state index in [1.165, 1.54) is 12.8 Å². The van der Waals surface area contributed by atoms with Gasteiger partial charge in [0.15, 0.2) is 0 Å². The van der Waals surface area contributed by atoms with Crippen LogP contribution < -0.4 is 5.32 Å². The van der Waals surface area contributed by atoms with Crippen molar-refractivity contribution >= 4 is 5.91 Å². The van der Waals surface area contributed by atoms with Gasteiger partial charge in [-0.25, -0.2) is 0 Å². The Hall–Kier alpha value is -2.09. The van der Waals surface area contributed by atoms with Gasteiger partial charge in [0.2, 0.25) is 0 Å². The lowest BCUT2D eigenvalue weighted by atomic mass is 9.98. The van der Waals surface area contributed by atoms with Crippen LogP contribution in [0.1, 0.15) is 36.5 Å². The maximum absolute atomic E-state index is 12.6. The summed E-state index contributed by atoms with van der Waals surface area (Å²) in [5.74, 6) is 0.631. The summed E-state index contributed by atoms with van der Waals surface area (Å²) in [6, 6.07) is 18.3. The molecule has 1 N–H and O–H groups in total. The summed E-state index contributed by atoms with van der Waals surface area (Å²) in [6.45, 7) is 2.22. The minimum absolute atomic E-state index is 0.0493. The lowest BCUT2D eigenvalue weighted by molar-refractivity contribution is 0.0930. The van der Waals surface area contributed by atoms with Crippen LogP contribution >= 0.6 is 0 Å². The summed E-state index contributed by atoms with van der Waals surface area (Å²) in [5, 5.41) is 3.22. The van der Waals surface area contributed by atoms with Crippen LogP contribution in [0.2, 0.25) is 0 Å². The van der Waals surface area contributed by atoms with E-state index in [2.05, 4.69) is 12.2 Å². The molecule has 2 atom stereocenters. The Labute approximate surface area is 126 Å². The van der Waals surface area contributed by atoms with Crippen molar-refractivity contribution in [1.82, 2.24) is 5.32 Å². The van der Waals surface area contributed by atoms with Crippen LogP contribution in [0.3, 0.4) is 0 Å². The molecule has 2 aromatic carbocycles. The highest BCUT2D eigenvalue weighted by molar-refractivity contribution is 6.01. The van der Waals surface area contributed by atoms with E-state index in [1.807, 2.05) is 54.6 Å². The highest BCUT2D eigenvalue weighted by Crippen LogP contribution is 2.27. The molecule has 0 aliphatic heterocycles. The molecule has 2 unspecified atom stereocenters. The third-order valence-corrected chi connectivity index (χ3v) is 4.43. The molecule has 0 heterocycles. The van der Waals surface area contributed by atoms with Crippen molar-refractivity contribution in [2.45, 2.75) is 32.2 Å². The maximum atomic E-state index is 12.6. The van der Waals surface area contributed by atoms with Gasteiger partial charge in [-0.3, -0.25) is 4.79 Å². The lowest BCUT2D eigenvalue weighted by Crippen LogP contribution is -2.36. The second-order valence-corrected chi connectivity index (χ2v) is 5.90. The fourth-order valence-corrected chi connectivity index (χ4v) is 3.16. The first-order valence-corrected chi connectivity index (χ1v) is 7.71. The normalized spacial score (nSPS) is 21.2. The molecule has 2 nitrogen and oxygen atoms in total. The van der Waals surface area contributed by atoms with Crippen molar-refractivity contribution in [2.24, 2.45) is 5.92 Å². The Morgan fingerprint density at radius 1 is 1.00 bits per heavy atom. The highest BCUT2D eigenvalue weighted by Gasteiger charge is 2.25. The topological polar surface area (TPSA) is 29.1 Å². The summed E-state index contributed by atoms with van der Waals surface area (Å²) in [5.41, 5.74) is 2.85. The number of hydrogen-bond acceptors (Lipinski definition) is 1. The van der Waals surface area contributed by atoms with Crippen LogP contribution in [0.4, 0.5) is 0 Å². The van der Waals surface area contributed by atoms with Crippen molar-refractivity contribution in [1.29, 1.82) is 0 Å². The number of carbonyl (C=O) groups is 1. The molecular formula is C19H21NO. The first-order valence-electron chi connectivity index (χ1n) is 7.71. The van der Waals surface area contributed by atoms with E-state index in [0.29, 0.717) is 12.0 Å². The van der Waals surface area contributed by atoms with E-state index in [9.17, 15) is 4.79 Å². The van der Waals surface area contributed by atoms with Crippen LogP contribution in [0.25, 0.3) is 11.1 Å².